The molecule has 0 spiro atoms. The zero-order valence-corrected chi connectivity index (χ0v) is 8.91. The van der Waals surface area contributed by atoms with Gasteiger partial charge in [0.1, 0.15) is 0 Å². The van der Waals surface area contributed by atoms with Crippen molar-refractivity contribution in [2.75, 3.05) is 0 Å². The first-order chi connectivity index (χ1) is 8.04. The highest BCUT2D eigenvalue weighted by Crippen LogP contribution is 2.07. The Hall–Kier alpha value is -2.46. The van der Waals surface area contributed by atoms with Crippen molar-refractivity contribution < 1.29 is 24.2 Å². The summed E-state index contributed by atoms with van der Waals surface area (Å²) in [6, 6.07) is 5.21. The van der Waals surface area contributed by atoms with Gasteiger partial charge in [-0.05, 0) is 31.2 Å². The molecule has 0 fully saturated rings. The Morgan fingerprint density at radius 1 is 1.29 bits per heavy atom. The van der Waals surface area contributed by atoms with Crippen LogP contribution in [0, 0.1) is 0 Å². The van der Waals surface area contributed by atoms with E-state index in [1.165, 1.54) is 37.3 Å². The second-order valence-electron chi connectivity index (χ2n) is 3.11. The van der Waals surface area contributed by atoms with Gasteiger partial charge in [0.05, 0.1) is 11.1 Å². The van der Waals surface area contributed by atoms with Crippen LogP contribution >= 0.6 is 0 Å². The number of aliphatic imine (C=N–C) groups is 1. The summed E-state index contributed by atoms with van der Waals surface area (Å²) in [7, 11) is 0. The quantitative estimate of drug-likeness (QED) is 0.481. The van der Waals surface area contributed by atoms with Gasteiger partial charge in [-0.2, -0.15) is 4.99 Å². The van der Waals surface area contributed by atoms with Crippen LogP contribution in [0.1, 0.15) is 27.6 Å². The van der Waals surface area contributed by atoms with E-state index in [1.807, 2.05) is 0 Å². The summed E-state index contributed by atoms with van der Waals surface area (Å²) in [5.74, 6) is -1.77. The van der Waals surface area contributed by atoms with Crippen molar-refractivity contribution in [3.05, 3.63) is 35.4 Å². The molecular weight excluding hydrogens is 226 g/mol. The molecule has 1 aromatic carbocycles. The zero-order chi connectivity index (χ0) is 12.8. The van der Waals surface area contributed by atoms with Crippen LogP contribution in [0.2, 0.25) is 0 Å². The standard InChI is InChI=1S/C11H9NO5/c1-7(12-6-13)17-11(16)9-4-2-8(3-5-9)10(14)15/h2-5,7H,1H3,(H,14,15). The van der Waals surface area contributed by atoms with Crippen LogP contribution < -0.4 is 0 Å². The Morgan fingerprint density at radius 3 is 2.29 bits per heavy atom. The summed E-state index contributed by atoms with van der Waals surface area (Å²) in [6.07, 6.45) is 0.351. The minimum absolute atomic E-state index is 0.0699. The van der Waals surface area contributed by atoms with Gasteiger partial charge in [0.2, 0.25) is 12.3 Å². The van der Waals surface area contributed by atoms with Crippen LogP contribution in [0.15, 0.2) is 29.3 Å². The molecule has 0 saturated heterocycles. The van der Waals surface area contributed by atoms with E-state index < -0.39 is 18.2 Å². The molecule has 0 amide bonds. The monoisotopic (exact) mass is 235 g/mol. The summed E-state index contributed by atoms with van der Waals surface area (Å²) < 4.78 is 4.76. The number of aromatic carboxylic acids is 1. The van der Waals surface area contributed by atoms with E-state index in [4.69, 9.17) is 9.84 Å². The molecule has 6 nitrogen and oxygen atoms in total. The maximum atomic E-state index is 11.5. The number of nitrogens with zero attached hydrogens (tertiary/aromatic N) is 1. The fourth-order valence-electron chi connectivity index (χ4n) is 1.07. The molecule has 1 N–H and O–H groups in total. The van der Waals surface area contributed by atoms with Crippen molar-refractivity contribution in [3.63, 3.8) is 0 Å². The molecule has 0 aliphatic heterocycles. The average molecular weight is 235 g/mol. The number of carboxylic acids is 1. The lowest BCUT2D eigenvalue weighted by atomic mass is 10.1. The lowest BCUT2D eigenvalue weighted by Crippen LogP contribution is -2.13. The molecule has 0 saturated carbocycles. The van der Waals surface area contributed by atoms with E-state index in [0.717, 1.165) is 0 Å². The van der Waals surface area contributed by atoms with Gasteiger partial charge in [-0.15, -0.1) is 0 Å². The Labute approximate surface area is 96.5 Å². The fraction of sp³-hybridized carbons (Fsp3) is 0.182. The number of esters is 1. The molecular formula is C11H9NO5. The molecule has 6 heteroatoms. The molecule has 0 radical (unpaired) electrons. The summed E-state index contributed by atoms with van der Waals surface area (Å²) in [4.78, 5) is 35.1. The van der Waals surface area contributed by atoms with Gasteiger partial charge in [0.25, 0.3) is 0 Å². The van der Waals surface area contributed by atoms with Crippen LogP contribution in [0.3, 0.4) is 0 Å². The molecule has 1 unspecified atom stereocenters. The largest absolute Gasteiger partial charge is 0.478 e. The molecule has 1 aromatic rings. The highest BCUT2D eigenvalue weighted by Gasteiger charge is 2.11. The van der Waals surface area contributed by atoms with E-state index in [1.54, 1.807) is 0 Å². The molecule has 0 bridgehead atoms. The normalized spacial score (nSPS) is 11.1. The van der Waals surface area contributed by atoms with Crippen LogP contribution in [0.4, 0.5) is 0 Å². The number of ether oxygens (including phenoxy) is 1. The third-order valence-electron chi connectivity index (χ3n) is 1.88. The number of hydrogen-bond donors (Lipinski definition) is 1. The third kappa shape index (κ3) is 3.55. The molecule has 17 heavy (non-hydrogen) atoms. The third-order valence-corrected chi connectivity index (χ3v) is 1.88. The molecule has 1 atom stereocenters. The van der Waals surface area contributed by atoms with Crippen molar-refractivity contribution in [2.45, 2.75) is 13.2 Å². The van der Waals surface area contributed by atoms with Crippen LogP contribution in [-0.2, 0) is 9.53 Å². The van der Waals surface area contributed by atoms with Crippen molar-refractivity contribution in [3.8, 4) is 0 Å². The summed E-state index contributed by atoms with van der Waals surface area (Å²) in [5, 5.41) is 8.66. The number of carbonyl (C=O) groups is 2. The molecule has 88 valence electrons. The minimum Gasteiger partial charge on any atom is -0.478 e. The van der Waals surface area contributed by atoms with Gasteiger partial charge in [-0.3, -0.25) is 0 Å². The van der Waals surface area contributed by atoms with Gasteiger partial charge in [0, 0.05) is 0 Å². The van der Waals surface area contributed by atoms with E-state index in [-0.39, 0.29) is 11.1 Å². The Bertz CT molecular complexity index is 473. The SMILES string of the molecule is CC(N=C=O)OC(=O)c1ccc(C(=O)O)cc1. The van der Waals surface area contributed by atoms with Gasteiger partial charge in [-0.1, -0.05) is 0 Å². The van der Waals surface area contributed by atoms with Gasteiger partial charge < -0.3 is 9.84 Å². The molecule has 0 aromatic heterocycles. The van der Waals surface area contributed by atoms with Crippen molar-refractivity contribution >= 4 is 18.0 Å². The lowest BCUT2D eigenvalue weighted by molar-refractivity contribution is 0.0359. The molecule has 1 rings (SSSR count). The number of carboxylic acid groups (broad SMARTS) is 1. The van der Waals surface area contributed by atoms with Gasteiger partial charge in [0.15, 0.2) is 0 Å². The molecule has 0 heterocycles. The second kappa shape index (κ2) is 5.58. The minimum atomic E-state index is -1.08. The predicted molar refractivity (Wildman–Crippen MR) is 56.4 cm³/mol. The average Bonchev–Trinajstić information content (AvgIpc) is 2.29. The molecule has 0 aliphatic rings. The van der Waals surface area contributed by atoms with Crippen molar-refractivity contribution in [2.24, 2.45) is 4.99 Å². The lowest BCUT2D eigenvalue weighted by Gasteiger charge is -2.06. The van der Waals surface area contributed by atoms with Crippen molar-refractivity contribution in [1.29, 1.82) is 0 Å². The van der Waals surface area contributed by atoms with E-state index in [0.29, 0.717) is 0 Å². The number of rotatable bonds is 4. The highest BCUT2D eigenvalue weighted by atomic mass is 16.6. The van der Waals surface area contributed by atoms with Crippen LogP contribution in [0.25, 0.3) is 0 Å². The van der Waals surface area contributed by atoms with Crippen LogP contribution in [-0.4, -0.2) is 29.4 Å². The number of benzene rings is 1. The van der Waals surface area contributed by atoms with E-state index in [9.17, 15) is 14.4 Å². The highest BCUT2D eigenvalue weighted by molar-refractivity contribution is 5.92. The predicted octanol–water partition coefficient (Wildman–Crippen LogP) is 1.22. The number of carbonyl (C=O) groups excluding carboxylic acids is 2. The van der Waals surface area contributed by atoms with Crippen LogP contribution in [0.5, 0.6) is 0 Å². The molecule has 0 aliphatic carbocycles. The summed E-state index contributed by atoms with van der Waals surface area (Å²) in [6.45, 7) is 1.41. The number of hydrogen-bond acceptors (Lipinski definition) is 5. The fourth-order valence-corrected chi connectivity index (χ4v) is 1.07. The first kappa shape index (κ1) is 12.6. The topological polar surface area (TPSA) is 93.0 Å². The first-order valence-corrected chi connectivity index (χ1v) is 4.66. The summed E-state index contributed by atoms with van der Waals surface area (Å²) >= 11 is 0. The van der Waals surface area contributed by atoms with Gasteiger partial charge >= 0.3 is 11.9 Å². The Morgan fingerprint density at radius 2 is 1.82 bits per heavy atom. The first-order valence-electron chi connectivity index (χ1n) is 4.66. The van der Waals surface area contributed by atoms with E-state index in [2.05, 4.69) is 4.99 Å². The Kier molecular flexibility index (Phi) is 4.14. The summed E-state index contributed by atoms with van der Waals surface area (Å²) in [5.41, 5.74) is 0.253. The van der Waals surface area contributed by atoms with Gasteiger partial charge in [-0.25, -0.2) is 14.4 Å². The maximum absolute atomic E-state index is 11.5. The zero-order valence-electron chi connectivity index (χ0n) is 8.91. The van der Waals surface area contributed by atoms with E-state index >= 15 is 0 Å². The maximum Gasteiger partial charge on any atom is 0.340 e. The Balaban J connectivity index is 2.76. The second-order valence-corrected chi connectivity index (χ2v) is 3.11. The van der Waals surface area contributed by atoms with Crippen molar-refractivity contribution in [1.82, 2.24) is 0 Å². The number of isocyanates is 1. The smallest absolute Gasteiger partial charge is 0.340 e.